The number of methoxy groups -OCH3 is 1. The maximum atomic E-state index is 11.4. The number of ether oxygens (including phenoxy) is 1. The number of hydrogen-bond acceptors (Lipinski definition) is 5. The van der Waals surface area contributed by atoms with Gasteiger partial charge in [0.05, 0.1) is 13.7 Å². The number of carbonyl (C=O) groups excluding carboxylic acids is 1. The normalized spacial score (nSPS) is 11.7. The van der Waals surface area contributed by atoms with Crippen LogP contribution >= 0.6 is 0 Å². The van der Waals surface area contributed by atoms with Crippen molar-refractivity contribution in [3.63, 3.8) is 0 Å². The fourth-order valence-electron chi connectivity index (χ4n) is 1.20. The summed E-state index contributed by atoms with van der Waals surface area (Å²) in [5.41, 5.74) is 0. The third-order valence-electron chi connectivity index (χ3n) is 2.07. The molecule has 9 nitrogen and oxygen atoms in total. The zero-order valence-corrected chi connectivity index (χ0v) is 9.88. The van der Waals surface area contributed by atoms with E-state index in [1.165, 1.54) is 17.9 Å². The van der Waals surface area contributed by atoms with Crippen LogP contribution in [0.15, 0.2) is 6.07 Å². The Kier molecular flexibility index (Phi) is 4.49. The Morgan fingerprint density at radius 3 is 2.72 bits per heavy atom. The number of carbonyl (C=O) groups is 2. The van der Waals surface area contributed by atoms with Gasteiger partial charge in [-0.2, -0.15) is 5.10 Å². The van der Waals surface area contributed by atoms with E-state index in [1.54, 1.807) is 7.05 Å². The highest BCUT2D eigenvalue weighted by molar-refractivity contribution is 5.91. The van der Waals surface area contributed by atoms with E-state index in [4.69, 9.17) is 14.9 Å². The van der Waals surface area contributed by atoms with Crippen LogP contribution in [-0.2, 0) is 11.8 Å². The minimum absolute atomic E-state index is 0.203. The predicted octanol–water partition coefficient (Wildman–Crippen LogP) is -1.00. The number of hydrogen-bond donors (Lipinski definition) is 4. The van der Waals surface area contributed by atoms with Crippen LogP contribution < -0.4 is 15.4 Å². The molecule has 1 heterocycles. The van der Waals surface area contributed by atoms with E-state index in [0.29, 0.717) is 5.88 Å². The number of aryl methyl sites for hydroxylation is 1. The summed E-state index contributed by atoms with van der Waals surface area (Å²) < 4.78 is 6.34. The van der Waals surface area contributed by atoms with Crippen molar-refractivity contribution in [2.75, 3.05) is 19.0 Å². The van der Waals surface area contributed by atoms with Gasteiger partial charge in [0.15, 0.2) is 11.9 Å². The molecule has 1 rings (SSSR count). The Morgan fingerprint density at radius 2 is 2.28 bits per heavy atom. The summed E-state index contributed by atoms with van der Waals surface area (Å²) >= 11 is 0. The Morgan fingerprint density at radius 1 is 1.61 bits per heavy atom. The number of carboxylic acids is 1. The van der Waals surface area contributed by atoms with Crippen molar-refractivity contribution in [3.05, 3.63) is 6.07 Å². The quantitative estimate of drug-likeness (QED) is 0.536. The van der Waals surface area contributed by atoms with Crippen molar-refractivity contribution in [2.45, 2.75) is 6.04 Å². The molecule has 0 unspecified atom stereocenters. The van der Waals surface area contributed by atoms with E-state index in [1.807, 2.05) is 0 Å². The number of aliphatic hydroxyl groups is 1. The number of aliphatic carboxylic acids is 1. The molecule has 1 aromatic heterocycles. The molecule has 100 valence electrons. The highest BCUT2D eigenvalue weighted by Gasteiger charge is 2.19. The summed E-state index contributed by atoms with van der Waals surface area (Å²) in [4.78, 5) is 22.0. The number of carboxylic acid groups (broad SMARTS) is 1. The fourth-order valence-corrected chi connectivity index (χ4v) is 1.20. The maximum Gasteiger partial charge on any atom is 0.328 e. The van der Waals surface area contributed by atoms with E-state index in [0.717, 1.165) is 0 Å². The summed E-state index contributed by atoms with van der Waals surface area (Å²) in [5, 5.41) is 25.7. The van der Waals surface area contributed by atoms with Gasteiger partial charge in [-0.1, -0.05) is 0 Å². The lowest BCUT2D eigenvalue weighted by Gasteiger charge is -2.11. The molecular weight excluding hydrogens is 244 g/mol. The van der Waals surface area contributed by atoms with Crippen LogP contribution in [0.25, 0.3) is 0 Å². The van der Waals surface area contributed by atoms with Crippen molar-refractivity contribution in [1.82, 2.24) is 15.1 Å². The Hall–Kier alpha value is -2.29. The largest absolute Gasteiger partial charge is 0.481 e. The van der Waals surface area contributed by atoms with Crippen LogP contribution in [-0.4, -0.2) is 51.8 Å². The number of aromatic nitrogens is 2. The first-order chi connectivity index (χ1) is 8.47. The number of urea groups is 1. The number of rotatable bonds is 5. The van der Waals surface area contributed by atoms with Crippen molar-refractivity contribution in [3.8, 4) is 5.88 Å². The van der Waals surface area contributed by atoms with Crippen LogP contribution in [0.2, 0.25) is 0 Å². The first kappa shape index (κ1) is 13.8. The zero-order chi connectivity index (χ0) is 13.7. The van der Waals surface area contributed by atoms with Crippen molar-refractivity contribution in [2.24, 2.45) is 7.05 Å². The first-order valence-corrected chi connectivity index (χ1v) is 4.97. The van der Waals surface area contributed by atoms with Crippen LogP contribution in [0.3, 0.4) is 0 Å². The average molecular weight is 258 g/mol. The van der Waals surface area contributed by atoms with E-state index in [-0.39, 0.29) is 5.82 Å². The van der Waals surface area contributed by atoms with Crippen LogP contribution in [0.4, 0.5) is 10.6 Å². The Balaban J connectivity index is 2.61. The molecule has 0 aromatic carbocycles. The monoisotopic (exact) mass is 258 g/mol. The van der Waals surface area contributed by atoms with Gasteiger partial charge in [-0.05, 0) is 0 Å². The van der Waals surface area contributed by atoms with Gasteiger partial charge >= 0.3 is 12.0 Å². The summed E-state index contributed by atoms with van der Waals surface area (Å²) in [6, 6.07) is -0.679. The maximum absolute atomic E-state index is 11.4. The lowest BCUT2D eigenvalue weighted by Crippen LogP contribution is -2.45. The van der Waals surface area contributed by atoms with Gasteiger partial charge < -0.3 is 20.3 Å². The fraction of sp³-hybridized carbons (Fsp3) is 0.444. The third-order valence-corrected chi connectivity index (χ3v) is 2.07. The lowest BCUT2D eigenvalue weighted by molar-refractivity contribution is -0.140. The van der Waals surface area contributed by atoms with E-state index < -0.39 is 24.6 Å². The lowest BCUT2D eigenvalue weighted by atomic mass is 10.3. The van der Waals surface area contributed by atoms with Crippen LogP contribution in [0.1, 0.15) is 0 Å². The minimum Gasteiger partial charge on any atom is -0.481 e. The van der Waals surface area contributed by atoms with Gasteiger partial charge in [0.25, 0.3) is 0 Å². The smallest absolute Gasteiger partial charge is 0.328 e. The SMILES string of the molecule is COc1cc(NC(=O)N[C@H](CO)C(=O)O)nn1C. The second-order valence-electron chi connectivity index (χ2n) is 3.37. The zero-order valence-electron chi connectivity index (χ0n) is 9.88. The molecule has 0 fully saturated rings. The molecule has 2 amide bonds. The molecule has 1 atom stereocenters. The average Bonchev–Trinajstić information content (AvgIpc) is 2.65. The molecule has 0 aliphatic heterocycles. The van der Waals surface area contributed by atoms with Crippen LogP contribution in [0, 0.1) is 0 Å². The van der Waals surface area contributed by atoms with Crippen LogP contribution in [0.5, 0.6) is 5.88 Å². The molecule has 9 heteroatoms. The molecule has 1 aromatic rings. The topological polar surface area (TPSA) is 126 Å². The molecule has 18 heavy (non-hydrogen) atoms. The molecule has 4 N–H and O–H groups in total. The van der Waals surface area contributed by atoms with E-state index in [2.05, 4.69) is 15.7 Å². The summed E-state index contributed by atoms with van der Waals surface area (Å²) in [7, 11) is 3.07. The standard InChI is InChI=1S/C9H14N4O5/c1-13-7(18-2)3-6(12-13)11-9(17)10-5(4-14)8(15)16/h3,5,14H,4H2,1-2H3,(H,15,16)(H2,10,11,12,17)/t5-/m1/s1. The number of anilines is 1. The van der Waals surface area contributed by atoms with Gasteiger partial charge in [0, 0.05) is 13.1 Å². The third kappa shape index (κ3) is 3.35. The molecule has 0 saturated heterocycles. The van der Waals surface area contributed by atoms with Gasteiger partial charge in [-0.3, -0.25) is 5.32 Å². The molecule has 0 bridgehead atoms. The Labute approximate surface area is 102 Å². The van der Waals surface area contributed by atoms with Crippen molar-refractivity contribution < 1.29 is 24.5 Å². The van der Waals surface area contributed by atoms with Crippen molar-refractivity contribution >= 4 is 17.8 Å². The number of nitrogens with zero attached hydrogens (tertiary/aromatic N) is 2. The van der Waals surface area contributed by atoms with E-state index >= 15 is 0 Å². The van der Waals surface area contributed by atoms with Gasteiger partial charge in [0.2, 0.25) is 5.88 Å². The van der Waals surface area contributed by atoms with Crippen molar-refractivity contribution in [1.29, 1.82) is 0 Å². The molecule has 0 radical (unpaired) electrons. The number of aliphatic hydroxyl groups excluding tert-OH is 1. The first-order valence-electron chi connectivity index (χ1n) is 4.97. The minimum atomic E-state index is -1.37. The molecular formula is C9H14N4O5. The molecule has 0 saturated carbocycles. The molecule has 0 aliphatic carbocycles. The highest BCUT2D eigenvalue weighted by Crippen LogP contribution is 2.14. The number of nitrogens with one attached hydrogen (secondary N) is 2. The highest BCUT2D eigenvalue weighted by atomic mass is 16.5. The second kappa shape index (κ2) is 5.87. The van der Waals surface area contributed by atoms with Gasteiger partial charge in [-0.25, -0.2) is 14.3 Å². The Bertz CT molecular complexity index is 444. The van der Waals surface area contributed by atoms with Gasteiger partial charge in [-0.15, -0.1) is 0 Å². The van der Waals surface area contributed by atoms with E-state index in [9.17, 15) is 9.59 Å². The summed E-state index contributed by atoms with van der Waals surface area (Å²) in [5.74, 6) is -0.692. The molecule has 0 spiro atoms. The molecule has 0 aliphatic rings. The summed E-state index contributed by atoms with van der Waals surface area (Å²) in [6.45, 7) is -0.700. The number of amides is 2. The van der Waals surface area contributed by atoms with Gasteiger partial charge in [0.1, 0.15) is 0 Å². The second-order valence-corrected chi connectivity index (χ2v) is 3.37. The predicted molar refractivity (Wildman–Crippen MR) is 60.4 cm³/mol. The summed E-state index contributed by atoms with van der Waals surface area (Å²) in [6.07, 6.45) is 0.